The molecule has 84 valence electrons. The van der Waals surface area contributed by atoms with E-state index in [0.717, 1.165) is 11.1 Å². The number of phenolic OH excluding ortho intramolecular Hbond substituents is 1. The van der Waals surface area contributed by atoms with Crippen molar-refractivity contribution >= 4 is 0 Å². The van der Waals surface area contributed by atoms with Crippen LogP contribution in [0.15, 0.2) is 18.2 Å². The molecular weight excluding hydrogens is 224 g/mol. The van der Waals surface area contributed by atoms with Gasteiger partial charge >= 0.3 is 0 Å². The first-order valence-corrected chi connectivity index (χ1v) is 4.85. The minimum atomic E-state index is 0. The zero-order valence-corrected chi connectivity index (χ0v) is 11.4. The van der Waals surface area contributed by atoms with E-state index >= 15 is 0 Å². The molecule has 0 saturated carbocycles. The van der Waals surface area contributed by atoms with Crippen molar-refractivity contribution in [3.05, 3.63) is 29.3 Å². The molecule has 1 aromatic rings. The SMILES string of the molecule is CC(C)c1cccc(C(C)C)c1O.O.[Ti]. The van der Waals surface area contributed by atoms with Crippen molar-refractivity contribution < 1.29 is 32.3 Å². The van der Waals surface area contributed by atoms with Crippen molar-refractivity contribution in [2.45, 2.75) is 39.5 Å². The van der Waals surface area contributed by atoms with Gasteiger partial charge in [0.25, 0.3) is 0 Å². The molecule has 0 aliphatic carbocycles. The van der Waals surface area contributed by atoms with Gasteiger partial charge in [-0.25, -0.2) is 0 Å². The van der Waals surface area contributed by atoms with Gasteiger partial charge in [0.1, 0.15) is 5.75 Å². The Morgan fingerprint density at radius 1 is 0.933 bits per heavy atom. The Labute approximate surface area is 107 Å². The molecule has 0 amide bonds. The van der Waals surface area contributed by atoms with Crippen LogP contribution in [0, 0.1) is 0 Å². The Hall–Kier alpha value is -0.306. The molecule has 3 N–H and O–H groups in total. The maximum atomic E-state index is 9.93. The summed E-state index contributed by atoms with van der Waals surface area (Å²) in [5.74, 6) is 1.25. The average molecular weight is 244 g/mol. The van der Waals surface area contributed by atoms with Crippen molar-refractivity contribution in [2.75, 3.05) is 0 Å². The van der Waals surface area contributed by atoms with Crippen molar-refractivity contribution in [3.63, 3.8) is 0 Å². The zero-order chi connectivity index (χ0) is 10.0. The quantitative estimate of drug-likeness (QED) is 0.799. The second-order valence-corrected chi connectivity index (χ2v) is 4.09. The molecule has 15 heavy (non-hydrogen) atoms. The van der Waals surface area contributed by atoms with Crippen LogP contribution >= 0.6 is 0 Å². The van der Waals surface area contributed by atoms with Gasteiger partial charge in [-0.3, -0.25) is 0 Å². The minimum absolute atomic E-state index is 0. The molecule has 3 heteroatoms. The van der Waals surface area contributed by atoms with E-state index in [2.05, 4.69) is 27.7 Å². The van der Waals surface area contributed by atoms with Crippen molar-refractivity contribution in [1.29, 1.82) is 0 Å². The van der Waals surface area contributed by atoms with Gasteiger partial charge in [-0.2, -0.15) is 0 Å². The van der Waals surface area contributed by atoms with E-state index in [4.69, 9.17) is 0 Å². The number of para-hydroxylation sites is 1. The van der Waals surface area contributed by atoms with Crippen LogP contribution in [0.25, 0.3) is 0 Å². The molecule has 0 radical (unpaired) electrons. The van der Waals surface area contributed by atoms with E-state index in [9.17, 15) is 5.11 Å². The van der Waals surface area contributed by atoms with Crippen LogP contribution in [0.5, 0.6) is 5.75 Å². The van der Waals surface area contributed by atoms with E-state index in [-0.39, 0.29) is 27.2 Å². The number of aromatic hydroxyl groups is 1. The summed E-state index contributed by atoms with van der Waals surface area (Å²) in [4.78, 5) is 0. The van der Waals surface area contributed by atoms with Crippen LogP contribution in [0.2, 0.25) is 0 Å². The summed E-state index contributed by atoms with van der Waals surface area (Å²) >= 11 is 0. The third kappa shape index (κ3) is 3.98. The Bertz CT molecular complexity index is 269. The summed E-state index contributed by atoms with van der Waals surface area (Å²) in [7, 11) is 0. The van der Waals surface area contributed by atoms with Crippen molar-refractivity contribution in [2.24, 2.45) is 0 Å². The Kier molecular flexibility index (Phi) is 8.04. The van der Waals surface area contributed by atoms with Crippen LogP contribution in [0.1, 0.15) is 50.7 Å². The molecule has 0 unspecified atom stereocenters. The Balaban J connectivity index is 0. The fourth-order valence-electron chi connectivity index (χ4n) is 1.51. The Morgan fingerprint density at radius 2 is 1.27 bits per heavy atom. The molecule has 0 aliphatic rings. The van der Waals surface area contributed by atoms with E-state index in [1.807, 2.05) is 18.2 Å². The van der Waals surface area contributed by atoms with Gasteiger partial charge in [0.15, 0.2) is 0 Å². The normalized spacial score (nSPS) is 9.73. The number of phenols is 1. The van der Waals surface area contributed by atoms with E-state index < -0.39 is 0 Å². The van der Waals surface area contributed by atoms with Crippen LogP contribution in [0.3, 0.4) is 0 Å². The molecule has 0 fully saturated rings. The number of hydrogen-bond acceptors (Lipinski definition) is 1. The van der Waals surface area contributed by atoms with Crippen LogP contribution < -0.4 is 0 Å². The largest absolute Gasteiger partial charge is 0.507 e. The van der Waals surface area contributed by atoms with Crippen LogP contribution in [0.4, 0.5) is 0 Å². The van der Waals surface area contributed by atoms with Gasteiger partial charge in [-0.1, -0.05) is 45.9 Å². The second kappa shape index (κ2) is 7.05. The minimum Gasteiger partial charge on any atom is -0.507 e. The van der Waals surface area contributed by atoms with Gasteiger partial charge < -0.3 is 10.6 Å². The third-order valence-corrected chi connectivity index (χ3v) is 2.34. The van der Waals surface area contributed by atoms with Gasteiger partial charge in [-0.05, 0) is 23.0 Å². The van der Waals surface area contributed by atoms with Gasteiger partial charge in [0.05, 0.1) is 0 Å². The smallest absolute Gasteiger partial charge is 0.122 e. The first-order valence-electron chi connectivity index (χ1n) is 4.85. The first kappa shape index (κ1) is 17.1. The number of benzene rings is 1. The predicted octanol–water partition coefficient (Wildman–Crippen LogP) is 2.81. The van der Waals surface area contributed by atoms with Gasteiger partial charge in [0, 0.05) is 21.7 Å². The standard InChI is InChI=1S/C12H18O.H2O.Ti/c1-8(2)10-6-5-7-11(9(3)4)12(10)13;;/h5-9,13H,1-4H3;1H2;. The number of rotatable bonds is 2. The average Bonchev–Trinajstić information content (AvgIpc) is 2.03. The van der Waals surface area contributed by atoms with E-state index in [0.29, 0.717) is 17.6 Å². The molecular formula is C12H20O2Ti. The summed E-state index contributed by atoms with van der Waals surface area (Å²) in [6.07, 6.45) is 0. The summed E-state index contributed by atoms with van der Waals surface area (Å²) in [5, 5.41) is 9.93. The maximum absolute atomic E-state index is 9.93. The molecule has 0 spiro atoms. The van der Waals surface area contributed by atoms with E-state index in [1.54, 1.807) is 0 Å². The summed E-state index contributed by atoms with van der Waals surface area (Å²) in [5.41, 5.74) is 2.09. The molecule has 0 aromatic heterocycles. The molecule has 0 bridgehead atoms. The van der Waals surface area contributed by atoms with Crippen LogP contribution in [-0.4, -0.2) is 10.6 Å². The number of hydrogen-bond donors (Lipinski definition) is 1. The fourth-order valence-corrected chi connectivity index (χ4v) is 1.51. The monoisotopic (exact) mass is 244 g/mol. The molecule has 1 rings (SSSR count). The first-order chi connectivity index (χ1) is 6.04. The topological polar surface area (TPSA) is 51.7 Å². The van der Waals surface area contributed by atoms with Gasteiger partial charge in [-0.15, -0.1) is 0 Å². The van der Waals surface area contributed by atoms with Crippen molar-refractivity contribution in [3.8, 4) is 5.75 Å². The van der Waals surface area contributed by atoms with Gasteiger partial charge in [0.2, 0.25) is 0 Å². The molecule has 2 nitrogen and oxygen atoms in total. The fraction of sp³-hybridized carbons (Fsp3) is 0.500. The van der Waals surface area contributed by atoms with Crippen molar-refractivity contribution in [1.82, 2.24) is 0 Å². The molecule has 0 aliphatic heterocycles. The molecule has 1 aromatic carbocycles. The van der Waals surface area contributed by atoms with Crippen LogP contribution in [-0.2, 0) is 21.7 Å². The summed E-state index contributed by atoms with van der Waals surface area (Å²) < 4.78 is 0. The summed E-state index contributed by atoms with van der Waals surface area (Å²) in [6, 6.07) is 6.00. The molecule has 0 saturated heterocycles. The maximum Gasteiger partial charge on any atom is 0.122 e. The third-order valence-electron chi connectivity index (χ3n) is 2.34. The zero-order valence-electron chi connectivity index (χ0n) is 9.83. The predicted molar refractivity (Wildman–Crippen MR) is 59.9 cm³/mol. The second-order valence-electron chi connectivity index (χ2n) is 4.09. The molecule has 0 heterocycles. The molecule has 0 atom stereocenters. The summed E-state index contributed by atoms with van der Waals surface area (Å²) in [6.45, 7) is 8.39. The Morgan fingerprint density at radius 3 is 1.53 bits per heavy atom. The van der Waals surface area contributed by atoms with E-state index in [1.165, 1.54) is 0 Å².